The molecule has 0 unspecified atom stereocenters. The van der Waals surface area contributed by atoms with E-state index in [1.54, 1.807) is 33.6 Å². The van der Waals surface area contributed by atoms with Crippen molar-refractivity contribution in [1.29, 1.82) is 0 Å². The summed E-state index contributed by atoms with van der Waals surface area (Å²) in [5.41, 5.74) is 2.00. The van der Waals surface area contributed by atoms with Gasteiger partial charge in [0, 0.05) is 0 Å². The first-order valence-electron chi connectivity index (χ1n) is 5.05. The zero-order valence-corrected chi connectivity index (χ0v) is 13.9. The van der Waals surface area contributed by atoms with Crippen LogP contribution < -0.4 is 24.8 Å². The summed E-state index contributed by atoms with van der Waals surface area (Å²) in [7, 11) is 0. The fourth-order valence-corrected chi connectivity index (χ4v) is 3.60. The third-order valence-electron chi connectivity index (χ3n) is 2.58. The van der Waals surface area contributed by atoms with E-state index in [-0.39, 0.29) is 24.8 Å². The third kappa shape index (κ3) is 5.20. The van der Waals surface area contributed by atoms with Crippen LogP contribution in [-0.2, 0) is 24.7 Å². The van der Waals surface area contributed by atoms with Crippen LogP contribution in [0.5, 0.6) is 0 Å². The summed E-state index contributed by atoms with van der Waals surface area (Å²) in [4.78, 5) is 0. The van der Waals surface area contributed by atoms with E-state index < -0.39 is 0 Å². The minimum atomic E-state index is 0. The van der Waals surface area contributed by atoms with E-state index in [1.807, 2.05) is 0 Å². The molecule has 0 bridgehead atoms. The molecule has 1 rings (SSSR count). The maximum Gasteiger partial charge on any atom is -1.00 e. The molecule has 0 aromatic heterocycles. The Morgan fingerprint density at radius 2 is 1.87 bits per heavy atom. The van der Waals surface area contributed by atoms with Gasteiger partial charge in [-0.05, 0) is 0 Å². The maximum absolute atomic E-state index is 2.38. The van der Waals surface area contributed by atoms with Gasteiger partial charge in [0.05, 0.1) is 0 Å². The van der Waals surface area contributed by atoms with Crippen LogP contribution in [0.4, 0.5) is 0 Å². The normalized spacial score (nSPS) is 15.4. The molecule has 0 amide bonds. The van der Waals surface area contributed by atoms with Crippen LogP contribution in [0.2, 0.25) is 0 Å². The van der Waals surface area contributed by atoms with E-state index in [0.29, 0.717) is 5.41 Å². The van der Waals surface area contributed by atoms with Crippen molar-refractivity contribution < 1.29 is 49.5 Å². The monoisotopic (exact) mass is 323 g/mol. The first kappa shape index (κ1) is 18.3. The second-order valence-corrected chi connectivity index (χ2v) is 6.46. The smallest absolute Gasteiger partial charge is 1.00 e. The van der Waals surface area contributed by atoms with Gasteiger partial charge in [0.2, 0.25) is 0 Å². The van der Waals surface area contributed by atoms with E-state index >= 15 is 0 Å². The summed E-state index contributed by atoms with van der Waals surface area (Å²) >= 11 is 1.60. The van der Waals surface area contributed by atoms with Gasteiger partial charge in [0.1, 0.15) is 0 Å². The molecule has 3 heteroatoms. The molecule has 0 radical (unpaired) electrons. The fraction of sp³-hybridized carbons (Fsp3) is 0.667. The summed E-state index contributed by atoms with van der Waals surface area (Å²) in [6, 6.07) is 0. The topological polar surface area (TPSA) is 0 Å². The van der Waals surface area contributed by atoms with Crippen LogP contribution in [0.3, 0.4) is 0 Å². The van der Waals surface area contributed by atoms with Crippen LogP contribution in [0.15, 0.2) is 21.0 Å². The Kier molecular flexibility index (Phi) is 8.92. The largest absolute Gasteiger partial charge is 1.00 e. The van der Waals surface area contributed by atoms with Gasteiger partial charge in [-0.1, -0.05) is 0 Å². The summed E-state index contributed by atoms with van der Waals surface area (Å²) in [6.45, 7) is 9.37. The molecule has 0 aromatic rings. The van der Waals surface area contributed by atoms with E-state index in [0.717, 1.165) is 5.92 Å². The molecule has 85 valence electrons. The molecule has 0 spiro atoms. The molecule has 0 fully saturated rings. The first-order valence-corrected chi connectivity index (χ1v) is 6.28. The first-order chi connectivity index (χ1) is 5.93. The summed E-state index contributed by atoms with van der Waals surface area (Å²) in [5.74, 6) is 0.792. The van der Waals surface area contributed by atoms with Crippen molar-refractivity contribution in [3.8, 4) is 0 Å². The summed E-state index contributed by atoms with van der Waals surface area (Å²) in [5, 5.41) is 0. The molecular weight excluding hydrogens is 306 g/mol. The molecule has 0 heterocycles. The standard InChI is InChI=1S/C12H19.2ClH.Zr/c1-10(2)9-12(3,4)11-7-5-6-8-11;;;/h5,7,10H,6,9H2,1-4H3;2*1H;/q;;;+2/p-2. The van der Waals surface area contributed by atoms with Crippen molar-refractivity contribution in [1.82, 2.24) is 0 Å². The van der Waals surface area contributed by atoms with Gasteiger partial charge in [0.15, 0.2) is 0 Å². The second-order valence-electron chi connectivity index (χ2n) is 4.98. The van der Waals surface area contributed by atoms with Gasteiger partial charge in [0.25, 0.3) is 0 Å². The zero-order chi connectivity index (χ0) is 10.1. The van der Waals surface area contributed by atoms with E-state index in [9.17, 15) is 0 Å². The molecule has 0 atom stereocenters. The Labute approximate surface area is 122 Å². The van der Waals surface area contributed by atoms with Gasteiger partial charge in [-0.25, -0.2) is 0 Å². The summed E-state index contributed by atoms with van der Waals surface area (Å²) < 4.78 is 1.65. The molecule has 0 saturated carbocycles. The number of hydrogen-bond donors (Lipinski definition) is 0. The molecule has 0 saturated heterocycles. The predicted molar refractivity (Wildman–Crippen MR) is 54.0 cm³/mol. The Morgan fingerprint density at radius 1 is 1.33 bits per heavy atom. The second kappa shape index (κ2) is 7.30. The Bertz CT molecular complexity index is 252. The SMILES string of the molecule is CC(C)CC(C)(C)C1=[C]([Zr+2])CC=C1.[Cl-].[Cl-]. The Morgan fingerprint density at radius 3 is 2.20 bits per heavy atom. The van der Waals surface area contributed by atoms with Gasteiger partial charge in [-0.3, -0.25) is 0 Å². The zero-order valence-electron chi connectivity index (χ0n) is 9.90. The number of halogens is 2. The van der Waals surface area contributed by atoms with Gasteiger partial charge >= 0.3 is 97.6 Å². The van der Waals surface area contributed by atoms with Gasteiger partial charge < -0.3 is 24.8 Å². The van der Waals surface area contributed by atoms with Gasteiger partial charge in [-0.2, -0.15) is 0 Å². The number of hydrogen-bond acceptors (Lipinski definition) is 0. The molecular formula is C12H19Cl2Zr. The Balaban J connectivity index is 0. The number of rotatable bonds is 3. The molecule has 0 aromatic carbocycles. The Hall–Kier alpha value is 0.943. The van der Waals surface area contributed by atoms with Crippen molar-refractivity contribution in [2.75, 3.05) is 0 Å². The van der Waals surface area contributed by atoms with E-state index in [2.05, 4.69) is 39.8 Å². The molecule has 1 aliphatic rings. The molecule has 0 aliphatic heterocycles. The van der Waals surface area contributed by atoms with Crippen LogP contribution in [-0.4, -0.2) is 0 Å². The molecule has 0 nitrogen and oxygen atoms in total. The van der Waals surface area contributed by atoms with Crippen LogP contribution >= 0.6 is 0 Å². The van der Waals surface area contributed by atoms with E-state index in [4.69, 9.17) is 0 Å². The van der Waals surface area contributed by atoms with Crippen LogP contribution in [0.1, 0.15) is 40.5 Å². The average molecular weight is 325 g/mol. The van der Waals surface area contributed by atoms with E-state index in [1.165, 1.54) is 12.8 Å². The van der Waals surface area contributed by atoms with Crippen molar-refractivity contribution in [2.45, 2.75) is 40.5 Å². The minimum absolute atomic E-state index is 0. The number of allylic oxidation sites excluding steroid dienone is 4. The molecule has 0 N–H and O–H groups in total. The summed E-state index contributed by atoms with van der Waals surface area (Å²) in [6.07, 6.45) is 7.15. The van der Waals surface area contributed by atoms with Gasteiger partial charge in [-0.15, -0.1) is 0 Å². The van der Waals surface area contributed by atoms with Crippen molar-refractivity contribution in [3.63, 3.8) is 0 Å². The third-order valence-corrected chi connectivity index (χ3v) is 3.74. The average Bonchev–Trinajstić information content (AvgIpc) is 2.32. The van der Waals surface area contributed by atoms with Crippen molar-refractivity contribution in [3.05, 3.63) is 21.0 Å². The maximum atomic E-state index is 2.38. The minimum Gasteiger partial charge on any atom is -1.00 e. The quantitative estimate of drug-likeness (QED) is 0.554. The van der Waals surface area contributed by atoms with Crippen molar-refractivity contribution >= 4 is 0 Å². The van der Waals surface area contributed by atoms with Crippen LogP contribution in [0, 0.1) is 11.3 Å². The molecule has 1 aliphatic carbocycles. The molecule has 15 heavy (non-hydrogen) atoms. The van der Waals surface area contributed by atoms with Crippen LogP contribution in [0.25, 0.3) is 0 Å². The van der Waals surface area contributed by atoms with Crippen molar-refractivity contribution in [2.24, 2.45) is 11.3 Å². The predicted octanol–water partition coefficient (Wildman–Crippen LogP) is -2.17. The fourth-order valence-electron chi connectivity index (χ4n) is 2.27.